The van der Waals surface area contributed by atoms with Gasteiger partial charge in [-0.1, -0.05) is 46.2 Å². The van der Waals surface area contributed by atoms with Crippen molar-refractivity contribution in [2.24, 2.45) is 11.8 Å². The van der Waals surface area contributed by atoms with Gasteiger partial charge < -0.3 is 4.90 Å². The van der Waals surface area contributed by atoms with Gasteiger partial charge in [0.05, 0.1) is 11.1 Å². The van der Waals surface area contributed by atoms with Crippen molar-refractivity contribution in [1.82, 2.24) is 9.80 Å². The van der Waals surface area contributed by atoms with E-state index in [1.54, 1.807) is 24.3 Å². The quantitative estimate of drug-likeness (QED) is 0.461. The summed E-state index contributed by atoms with van der Waals surface area (Å²) in [5.41, 5.74) is 0.992. The molecule has 0 bridgehead atoms. The Labute approximate surface area is 162 Å². The van der Waals surface area contributed by atoms with Crippen LogP contribution >= 0.6 is 0 Å². The van der Waals surface area contributed by atoms with Crippen LogP contribution in [0, 0.1) is 11.8 Å². The molecule has 1 heterocycles. The summed E-state index contributed by atoms with van der Waals surface area (Å²) in [6.45, 7) is 10.5. The minimum Gasteiger partial charge on any atom is -0.342 e. The highest BCUT2D eigenvalue weighted by atomic mass is 16.2. The van der Waals surface area contributed by atoms with Crippen molar-refractivity contribution in [3.05, 3.63) is 35.4 Å². The Kier molecular flexibility index (Phi) is 7.57. The van der Waals surface area contributed by atoms with Crippen molar-refractivity contribution < 1.29 is 14.4 Å². The van der Waals surface area contributed by atoms with Crippen LogP contribution in [0.15, 0.2) is 24.3 Å². The molecule has 0 unspecified atom stereocenters. The molecule has 0 aromatic heterocycles. The molecule has 0 aliphatic carbocycles. The number of imide groups is 1. The second-order valence-electron chi connectivity index (χ2n) is 8.20. The maximum absolute atomic E-state index is 12.5. The highest BCUT2D eigenvalue weighted by Gasteiger charge is 2.34. The molecule has 1 aliphatic rings. The average Bonchev–Trinajstić information content (AvgIpc) is 2.85. The lowest BCUT2D eigenvalue weighted by Gasteiger charge is -2.26. The van der Waals surface area contributed by atoms with Crippen molar-refractivity contribution >= 4 is 17.7 Å². The van der Waals surface area contributed by atoms with E-state index in [9.17, 15) is 14.4 Å². The van der Waals surface area contributed by atoms with Crippen molar-refractivity contribution in [3.63, 3.8) is 0 Å². The number of nitrogens with zero attached hydrogens (tertiary/aromatic N) is 2. The van der Waals surface area contributed by atoms with Gasteiger partial charge in [0.1, 0.15) is 0 Å². The van der Waals surface area contributed by atoms with E-state index in [0.29, 0.717) is 35.9 Å². The number of rotatable bonds is 10. The number of hydrogen-bond acceptors (Lipinski definition) is 3. The number of amides is 3. The third-order valence-corrected chi connectivity index (χ3v) is 4.67. The third-order valence-electron chi connectivity index (χ3n) is 4.67. The lowest BCUT2D eigenvalue weighted by atomic mass is 10.1. The molecule has 1 aromatic rings. The molecular weight excluding hydrogens is 340 g/mol. The summed E-state index contributed by atoms with van der Waals surface area (Å²) in [4.78, 5) is 40.4. The van der Waals surface area contributed by atoms with Crippen molar-refractivity contribution in [2.45, 2.75) is 53.4 Å². The molecule has 2 rings (SSSR count). The van der Waals surface area contributed by atoms with Gasteiger partial charge in [-0.25, -0.2) is 0 Å². The van der Waals surface area contributed by atoms with E-state index in [-0.39, 0.29) is 17.7 Å². The van der Waals surface area contributed by atoms with Crippen LogP contribution in [0.2, 0.25) is 0 Å². The molecule has 0 saturated carbocycles. The second-order valence-corrected chi connectivity index (χ2v) is 8.20. The van der Waals surface area contributed by atoms with Crippen LogP contribution in [0.4, 0.5) is 0 Å². The molecule has 1 aliphatic heterocycles. The van der Waals surface area contributed by atoms with Crippen molar-refractivity contribution in [1.29, 1.82) is 0 Å². The summed E-state index contributed by atoms with van der Waals surface area (Å²) in [5, 5.41) is 0. The number of unbranched alkanes of at least 4 members (excludes halogenated alkanes) is 2. The van der Waals surface area contributed by atoms with E-state index >= 15 is 0 Å². The first-order valence-electron chi connectivity index (χ1n) is 10.0. The molecule has 148 valence electrons. The maximum Gasteiger partial charge on any atom is 0.261 e. The molecule has 1 aromatic carbocycles. The van der Waals surface area contributed by atoms with Gasteiger partial charge in [-0.2, -0.15) is 0 Å². The Morgan fingerprint density at radius 1 is 0.889 bits per heavy atom. The smallest absolute Gasteiger partial charge is 0.261 e. The summed E-state index contributed by atoms with van der Waals surface area (Å²) >= 11 is 0. The van der Waals surface area contributed by atoms with Gasteiger partial charge in [0.2, 0.25) is 5.91 Å². The molecule has 27 heavy (non-hydrogen) atoms. The molecule has 0 radical (unpaired) electrons. The zero-order chi connectivity index (χ0) is 20.0. The Morgan fingerprint density at radius 2 is 1.41 bits per heavy atom. The van der Waals surface area contributed by atoms with Crippen LogP contribution in [0.1, 0.15) is 74.1 Å². The molecule has 5 nitrogen and oxygen atoms in total. The molecule has 0 spiro atoms. The first-order chi connectivity index (χ1) is 12.8. The predicted octanol–water partition coefficient (Wildman–Crippen LogP) is 3.98. The Hall–Kier alpha value is -2.17. The average molecular weight is 373 g/mol. The standard InChI is InChI=1S/C22H32N2O3/c1-16(2)14-23(15-17(3)4)20(25)12-6-5-9-13-24-21(26)18-10-7-8-11-19(18)22(24)27/h7-8,10-11,16-17H,5-6,9,12-15H2,1-4H3. The number of carbonyl (C=O) groups is 3. The van der Waals surface area contributed by atoms with Gasteiger partial charge in [-0.05, 0) is 36.8 Å². The fourth-order valence-electron chi connectivity index (χ4n) is 3.48. The largest absolute Gasteiger partial charge is 0.342 e. The fourth-order valence-corrected chi connectivity index (χ4v) is 3.48. The highest BCUT2D eigenvalue weighted by Crippen LogP contribution is 2.22. The molecule has 0 saturated heterocycles. The predicted molar refractivity (Wildman–Crippen MR) is 107 cm³/mol. The van der Waals surface area contributed by atoms with Gasteiger partial charge in [0.15, 0.2) is 0 Å². The third kappa shape index (κ3) is 5.65. The SMILES string of the molecule is CC(C)CN(CC(C)C)C(=O)CCCCCN1C(=O)c2ccccc2C1=O. The van der Waals surface area contributed by atoms with Gasteiger partial charge in [0, 0.05) is 26.1 Å². The van der Waals surface area contributed by atoms with Gasteiger partial charge in [-0.3, -0.25) is 19.3 Å². The second kappa shape index (κ2) is 9.67. The minimum atomic E-state index is -0.202. The first kappa shape index (κ1) is 21.1. The van der Waals surface area contributed by atoms with Gasteiger partial charge >= 0.3 is 0 Å². The monoisotopic (exact) mass is 372 g/mol. The highest BCUT2D eigenvalue weighted by molar-refractivity contribution is 6.21. The minimum absolute atomic E-state index is 0.202. The molecule has 5 heteroatoms. The zero-order valence-electron chi connectivity index (χ0n) is 17.0. The molecule has 3 amide bonds. The van der Waals surface area contributed by atoms with Crippen molar-refractivity contribution in [3.8, 4) is 0 Å². The number of benzene rings is 1. The summed E-state index contributed by atoms with van der Waals surface area (Å²) in [5.74, 6) is 0.722. The van der Waals surface area contributed by atoms with Crippen LogP contribution in [-0.4, -0.2) is 47.2 Å². The maximum atomic E-state index is 12.5. The number of hydrogen-bond donors (Lipinski definition) is 0. The fraction of sp³-hybridized carbons (Fsp3) is 0.591. The van der Waals surface area contributed by atoms with E-state index in [1.807, 2.05) is 4.90 Å². The van der Waals surface area contributed by atoms with E-state index in [1.165, 1.54) is 4.90 Å². The van der Waals surface area contributed by atoms with Crippen LogP contribution < -0.4 is 0 Å². The van der Waals surface area contributed by atoms with E-state index in [4.69, 9.17) is 0 Å². The number of fused-ring (bicyclic) bond motifs is 1. The normalized spacial score (nSPS) is 13.6. The van der Waals surface area contributed by atoms with Crippen LogP contribution in [-0.2, 0) is 4.79 Å². The van der Waals surface area contributed by atoms with E-state index in [0.717, 1.165) is 32.4 Å². The van der Waals surface area contributed by atoms with Crippen LogP contribution in [0.3, 0.4) is 0 Å². The van der Waals surface area contributed by atoms with Gasteiger partial charge in [0.25, 0.3) is 11.8 Å². The van der Waals surface area contributed by atoms with Crippen LogP contribution in [0.25, 0.3) is 0 Å². The Morgan fingerprint density at radius 3 is 1.89 bits per heavy atom. The molecule has 0 atom stereocenters. The van der Waals surface area contributed by atoms with Gasteiger partial charge in [-0.15, -0.1) is 0 Å². The summed E-state index contributed by atoms with van der Waals surface area (Å²) in [6, 6.07) is 6.96. The van der Waals surface area contributed by atoms with E-state index in [2.05, 4.69) is 27.7 Å². The molecular formula is C22H32N2O3. The summed E-state index contributed by atoms with van der Waals surface area (Å²) < 4.78 is 0. The summed E-state index contributed by atoms with van der Waals surface area (Å²) in [7, 11) is 0. The topological polar surface area (TPSA) is 57.7 Å². The Balaban J connectivity index is 1.75. The van der Waals surface area contributed by atoms with Crippen LogP contribution in [0.5, 0.6) is 0 Å². The summed E-state index contributed by atoms with van der Waals surface area (Å²) in [6.07, 6.45) is 2.87. The lowest BCUT2D eigenvalue weighted by Crippen LogP contribution is -2.36. The Bertz CT molecular complexity index is 637. The van der Waals surface area contributed by atoms with Crippen molar-refractivity contribution in [2.75, 3.05) is 19.6 Å². The molecule has 0 N–H and O–H groups in total. The zero-order valence-corrected chi connectivity index (χ0v) is 17.0. The lowest BCUT2D eigenvalue weighted by molar-refractivity contribution is -0.132. The molecule has 0 fully saturated rings. The van der Waals surface area contributed by atoms with E-state index < -0.39 is 0 Å². The number of carbonyl (C=O) groups excluding carboxylic acids is 3. The first-order valence-corrected chi connectivity index (χ1v) is 10.0.